The number of furan rings is 1. The largest absolute Gasteiger partial charge is 0.464 e. The van der Waals surface area contributed by atoms with Gasteiger partial charge in [-0.3, -0.25) is 0 Å². The summed E-state index contributed by atoms with van der Waals surface area (Å²) in [4.78, 5) is 0. The minimum absolute atomic E-state index is 0.162. The summed E-state index contributed by atoms with van der Waals surface area (Å²) in [5.41, 5.74) is 2.15. The van der Waals surface area contributed by atoms with Gasteiger partial charge in [-0.15, -0.1) is 0 Å². The van der Waals surface area contributed by atoms with Gasteiger partial charge in [0.15, 0.2) is 0 Å². The zero-order chi connectivity index (χ0) is 11.0. The average molecular weight is 217 g/mol. The molecule has 3 rings (SSSR count). The second-order valence-electron chi connectivity index (χ2n) is 4.35. The first-order chi connectivity index (χ1) is 7.83. The highest BCUT2D eigenvalue weighted by Gasteiger charge is 2.19. The SMILES string of the molecule is CC1COC(c2ccc3occc3c2)CN1. The predicted molar refractivity (Wildman–Crippen MR) is 62.4 cm³/mol. The van der Waals surface area contributed by atoms with E-state index in [4.69, 9.17) is 9.15 Å². The standard InChI is InChI=1S/C13H15NO2/c1-9-8-16-13(7-14-9)10-2-3-12-11(6-10)4-5-15-12/h2-6,9,13-14H,7-8H2,1H3. The van der Waals surface area contributed by atoms with Gasteiger partial charge in [0.2, 0.25) is 0 Å². The summed E-state index contributed by atoms with van der Waals surface area (Å²) >= 11 is 0. The van der Waals surface area contributed by atoms with Crippen molar-refractivity contribution in [1.82, 2.24) is 5.32 Å². The number of rotatable bonds is 1. The van der Waals surface area contributed by atoms with Gasteiger partial charge in [-0.25, -0.2) is 0 Å². The molecule has 3 heteroatoms. The third kappa shape index (κ3) is 1.72. The molecular formula is C13H15NO2. The van der Waals surface area contributed by atoms with Gasteiger partial charge in [0.25, 0.3) is 0 Å². The van der Waals surface area contributed by atoms with Crippen molar-refractivity contribution in [2.75, 3.05) is 13.2 Å². The Labute approximate surface area is 94.4 Å². The molecular weight excluding hydrogens is 202 g/mol. The zero-order valence-electron chi connectivity index (χ0n) is 9.27. The van der Waals surface area contributed by atoms with Gasteiger partial charge in [0.05, 0.1) is 19.0 Å². The van der Waals surface area contributed by atoms with Crippen LogP contribution in [0.15, 0.2) is 34.9 Å². The van der Waals surface area contributed by atoms with Gasteiger partial charge in [0.1, 0.15) is 5.58 Å². The van der Waals surface area contributed by atoms with Crippen LogP contribution >= 0.6 is 0 Å². The second kappa shape index (κ2) is 3.92. The maximum Gasteiger partial charge on any atom is 0.133 e. The molecule has 1 fully saturated rings. The van der Waals surface area contributed by atoms with Crippen molar-refractivity contribution in [2.45, 2.75) is 19.1 Å². The highest BCUT2D eigenvalue weighted by molar-refractivity contribution is 5.77. The summed E-state index contributed by atoms with van der Waals surface area (Å²) in [5.74, 6) is 0. The smallest absolute Gasteiger partial charge is 0.133 e. The normalized spacial score (nSPS) is 26.1. The van der Waals surface area contributed by atoms with Crippen LogP contribution in [-0.4, -0.2) is 19.2 Å². The molecule has 1 aromatic carbocycles. The summed E-state index contributed by atoms with van der Waals surface area (Å²) in [6.07, 6.45) is 1.88. The Bertz CT molecular complexity index is 483. The fourth-order valence-corrected chi connectivity index (χ4v) is 2.09. The van der Waals surface area contributed by atoms with Crippen LogP contribution in [-0.2, 0) is 4.74 Å². The van der Waals surface area contributed by atoms with E-state index in [9.17, 15) is 0 Å². The molecule has 1 aromatic heterocycles. The summed E-state index contributed by atoms with van der Waals surface area (Å²) in [6.45, 7) is 3.79. The molecule has 2 atom stereocenters. The van der Waals surface area contributed by atoms with Gasteiger partial charge in [0, 0.05) is 18.0 Å². The van der Waals surface area contributed by atoms with Gasteiger partial charge >= 0.3 is 0 Å². The maximum absolute atomic E-state index is 5.81. The molecule has 2 heterocycles. The number of ether oxygens (including phenoxy) is 1. The van der Waals surface area contributed by atoms with E-state index in [1.165, 1.54) is 5.56 Å². The summed E-state index contributed by atoms with van der Waals surface area (Å²) in [6, 6.07) is 8.66. The van der Waals surface area contributed by atoms with E-state index in [0.29, 0.717) is 6.04 Å². The van der Waals surface area contributed by atoms with Gasteiger partial charge in [-0.05, 0) is 30.7 Å². The third-order valence-electron chi connectivity index (χ3n) is 3.05. The molecule has 0 bridgehead atoms. The zero-order valence-corrected chi connectivity index (χ0v) is 9.27. The molecule has 16 heavy (non-hydrogen) atoms. The minimum Gasteiger partial charge on any atom is -0.464 e. The van der Waals surface area contributed by atoms with Crippen molar-refractivity contribution in [3.63, 3.8) is 0 Å². The molecule has 0 saturated carbocycles. The maximum atomic E-state index is 5.81. The molecule has 1 saturated heterocycles. The van der Waals surface area contributed by atoms with Crippen LogP contribution < -0.4 is 5.32 Å². The number of benzene rings is 1. The van der Waals surface area contributed by atoms with Crippen molar-refractivity contribution in [2.24, 2.45) is 0 Å². The monoisotopic (exact) mass is 217 g/mol. The number of hydrogen-bond donors (Lipinski definition) is 1. The van der Waals surface area contributed by atoms with Crippen LogP contribution in [0.25, 0.3) is 11.0 Å². The first-order valence-corrected chi connectivity index (χ1v) is 5.65. The van der Waals surface area contributed by atoms with Crippen LogP contribution in [0.4, 0.5) is 0 Å². The Kier molecular flexibility index (Phi) is 2.42. The highest BCUT2D eigenvalue weighted by Crippen LogP contribution is 2.24. The fourth-order valence-electron chi connectivity index (χ4n) is 2.09. The Morgan fingerprint density at radius 1 is 1.31 bits per heavy atom. The highest BCUT2D eigenvalue weighted by atomic mass is 16.5. The lowest BCUT2D eigenvalue weighted by Gasteiger charge is -2.28. The van der Waals surface area contributed by atoms with E-state index >= 15 is 0 Å². The lowest BCUT2D eigenvalue weighted by Crippen LogP contribution is -2.40. The van der Waals surface area contributed by atoms with Crippen molar-refractivity contribution in [3.8, 4) is 0 Å². The number of hydrogen-bond acceptors (Lipinski definition) is 3. The number of morpholine rings is 1. The molecule has 1 aliphatic rings. The number of fused-ring (bicyclic) bond motifs is 1. The van der Waals surface area contributed by atoms with E-state index in [2.05, 4.69) is 24.4 Å². The summed E-state index contributed by atoms with van der Waals surface area (Å²) in [5, 5.41) is 4.56. The van der Waals surface area contributed by atoms with Crippen molar-refractivity contribution < 1.29 is 9.15 Å². The molecule has 2 aromatic rings. The average Bonchev–Trinajstić information content (AvgIpc) is 2.77. The first-order valence-electron chi connectivity index (χ1n) is 5.65. The molecule has 0 radical (unpaired) electrons. The number of nitrogens with one attached hydrogen (secondary N) is 1. The van der Waals surface area contributed by atoms with E-state index in [0.717, 1.165) is 24.1 Å². The van der Waals surface area contributed by atoms with E-state index in [1.807, 2.05) is 12.1 Å². The Morgan fingerprint density at radius 2 is 2.25 bits per heavy atom. The first kappa shape index (κ1) is 9.87. The van der Waals surface area contributed by atoms with Crippen LogP contribution in [0.2, 0.25) is 0 Å². The summed E-state index contributed by atoms with van der Waals surface area (Å²) < 4.78 is 11.1. The Hall–Kier alpha value is -1.32. The molecule has 2 unspecified atom stereocenters. The lowest BCUT2D eigenvalue weighted by molar-refractivity contribution is 0.00702. The Balaban J connectivity index is 1.87. The van der Waals surface area contributed by atoms with E-state index < -0.39 is 0 Å². The molecule has 0 aliphatic carbocycles. The van der Waals surface area contributed by atoms with E-state index in [1.54, 1.807) is 6.26 Å². The summed E-state index contributed by atoms with van der Waals surface area (Å²) in [7, 11) is 0. The minimum atomic E-state index is 0.162. The molecule has 1 N–H and O–H groups in total. The third-order valence-corrected chi connectivity index (χ3v) is 3.05. The van der Waals surface area contributed by atoms with Crippen molar-refractivity contribution in [1.29, 1.82) is 0 Å². The van der Waals surface area contributed by atoms with Crippen molar-refractivity contribution in [3.05, 3.63) is 36.1 Å². The fraction of sp³-hybridized carbons (Fsp3) is 0.385. The van der Waals surface area contributed by atoms with E-state index in [-0.39, 0.29) is 6.10 Å². The van der Waals surface area contributed by atoms with Gasteiger partial charge in [-0.2, -0.15) is 0 Å². The predicted octanol–water partition coefficient (Wildman–Crippen LogP) is 2.48. The topological polar surface area (TPSA) is 34.4 Å². The van der Waals surface area contributed by atoms with Gasteiger partial charge < -0.3 is 14.5 Å². The molecule has 0 spiro atoms. The van der Waals surface area contributed by atoms with Crippen LogP contribution in [0, 0.1) is 0 Å². The molecule has 0 amide bonds. The van der Waals surface area contributed by atoms with Gasteiger partial charge in [-0.1, -0.05) is 6.07 Å². The van der Waals surface area contributed by atoms with Crippen LogP contribution in [0.3, 0.4) is 0 Å². The molecule has 1 aliphatic heterocycles. The quantitative estimate of drug-likeness (QED) is 0.796. The van der Waals surface area contributed by atoms with Crippen LogP contribution in [0.1, 0.15) is 18.6 Å². The lowest BCUT2D eigenvalue weighted by atomic mass is 10.1. The molecule has 3 nitrogen and oxygen atoms in total. The van der Waals surface area contributed by atoms with Crippen LogP contribution in [0.5, 0.6) is 0 Å². The molecule has 84 valence electrons. The Morgan fingerprint density at radius 3 is 3.06 bits per heavy atom. The second-order valence-corrected chi connectivity index (χ2v) is 4.35. The van der Waals surface area contributed by atoms with Crippen molar-refractivity contribution >= 4 is 11.0 Å².